The molecule has 0 aliphatic rings. The lowest BCUT2D eigenvalue weighted by molar-refractivity contribution is -0.139. The Balaban J connectivity index is 2.57. The molecular formula is C7H10N2O2. The van der Waals surface area contributed by atoms with Crippen LogP contribution in [0.3, 0.4) is 0 Å². The molecule has 1 heterocycles. The number of rotatable bonds is 2. The average molecular weight is 154 g/mol. The number of imidazole rings is 1. The van der Waals surface area contributed by atoms with Crippen molar-refractivity contribution < 1.29 is 9.53 Å². The fourth-order valence-corrected chi connectivity index (χ4v) is 0.778. The van der Waals surface area contributed by atoms with Gasteiger partial charge in [-0.25, -0.2) is 4.98 Å². The van der Waals surface area contributed by atoms with Gasteiger partial charge < -0.3 is 9.30 Å². The molecular weight excluding hydrogens is 144 g/mol. The van der Waals surface area contributed by atoms with Crippen molar-refractivity contribution in [2.75, 3.05) is 7.11 Å². The zero-order valence-corrected chi connectivity index (χ0v) is 6.57. The van der Waals surface area contributed by atoms with Crippen LogP contribution in [0.2, 0.25) is 0 Å². The van der Waals surface area contributed by atoms with Crippen LogP contribution >= 0.6 is 0 Å². The Kier molecular flexibility index (Phi) is 2.25. The molecule has 0 unspecified atom stereocenters. The molecule has 1 rings (SSSR count). The molecule has 0 saturated carbocycles. The van der Waals surface area contributed by atoms with Crippen LogP contribution in [-0.4, -0.2) is 22.6 Å². The van der Waals surface area contributed by atoms with Crippen molar-refractivity contribution in [1.82, 2.24) is 9.55 Å². The summed E-state index contributed by atoms with van der Waals surface area (Å²) in [6.07, 6.45) is 3.69. The molecule has 0 aliphatic heterocycles. The summed E-state index contributed by atoms with van der Waals surface area (Å²) in [5, 5.41) is 0. The maximum Gasteiger partial charge on any atom is 0.311 e. The highest BCUT2D eigenvalue weighted by molar-refractivity contribution is 5.71. The zero-order chi connectivity index (χ0) is 8.27. The molecule has 0 amide bonds. The minimum atomic E-state index is -0.260. The second-order valence-corrected chi connectivity index (χ2v) is 2.28. The lowest BCUT2D eigenvalue weighted by atomic mass is 10.3. The first-order chi connectivity index (χ1) is 5.22. The van der Waals surface area contributed by atoms with Gasteiger partial charge in [-0.1, -0.05) is 0 Å². The van der Waals surface area contributed by atoms with Crippen molar-refractivity contribution in [1.29, 1.82) is 0 Å². The summed E-state index contributed by atoms with van der Waals surface area (Å²) >= 11 is 0. The van der Waals surface area contributed by atoms with Crippen LogP contribution in [0.5, 0.6) is 0 Å². The summed E-state index contributed by atoms with van der Waals surface area (Å²) in [6.45, 7) is 0. The van der Waals surface area contributed by atoms with E-state index in [1.807, 2.05) is 7.05 Å². The van der Waals surface area contributed by atoms with Gasteiger partial charge in [0.2, 0.25) is 0 Å². The van der Waals surface area contributed by atoms with Gasteiger partial charge >= 0.3 is 5.97 Å². The molecule has 4 nitrogen and oxygen atoms in total. The summed E-state index contributed by atoms with van der Waals surface area (Å²) < 4.78 is 6.27. The first-order valence-corrected chi connectivity index (χ1v) is 3.26. The summed E-state index contributed by atoms with van der Waals surface area (Å²) in [7, 11) is 3.22. The van der Waals surface area contributed by atoms with E-state index in [0.717, 1.165) is 5.69 Å². The predicted octanol–water partition coefficient (Wildman–Crippen LogP) is 0.136. The van der Waals surface area contributed by atoms with Crippen molar-refractivity contribution >= 4 is 5.97 Å². The third-order valence-corrected chi connectivity index (χ3v) is 1.31. The monoisotopic (exact) mass is 154 g/mol. The van der Waals surface area contributed by atoms with Gasteiger partial charge in [0.25, 0.3) is 0 Å². The van der Waals surface area contributed by atoms with Crippen LogP contribution < -0.4 is 0 Å². The third kappa shape index (κ3) is 2.07. The highest BCUT2D eigenvalue weighted by Crippen LogP contribution is 1.95. The van der Waals surface area contributed by atoms with E-state index in [-0.39, 0.29) is 12.4 Å². The summed E-state index contributed by atoms with van der Waals surface area (Å²) in [4.78, 5) is 14.7. The quantitative estimate of drug-likeness (QED) is 0.569. The van der Waals surface area contributed by atoms with Crippen LogP contribution in [0.25, 0.3) is 0 Å². The number of nitrogens with zero attached hydrogens (tertiary/aromatic N) is 2. The van der Waals surface area contributed by atoms with Gasteiger partial charge in [0.1, 0.15) is 0 Å². The first kappa shape index (κ1) is 7.78. The SMILES string of the molecule is COC(=O)Cc1cn(C)cn1. The number of carbonyl (C=O) groups is 1. The molecule has 0 N–H and O–H groups in total. The van der Waals surface area contributed by atoms with Crippen molar-refractivity contribution in [2.45, 2.75) is 6.42 Å². The minimum absolute atomic E-state index is 0.247. The fourth-order valence-electron chi connectivity index (χ4n) is 0.778. The first-order valence-electron chi connectivity index (χ1n) is 3.26. The van der Waals surface area contributed by atoms with Crippen molar-refractivity contribution in [2.24, 2.45) is 7.05 Å². The van der Waals surface area contributed by atoms with E-state index in [2.05, 4.69) is 9.72 Å². The van der Waals surface area contributed by atoms with Gasteiger partial charge in [0.05, 0.1) is 25.6 Å². The Hall–Kier alpha value is -1.32. The molecule has 0 spiro atoms. The maximum atomic E-state index is 10.7. The van der Waals surface area contributed by atoms with E-state index in [0.29, 0.717) is 0 Å². The smallest absolute Gasteiger partial charge is 0.311 e. The van der Waals surface area contributed by atoms with E-state index in [1.54, 1.807) is 17.1 Å². The van der Waals surface area contributed by atoms with Crippen LogP contribution in [-0.2, 0) is 23.0 Å². The third-order valence-electron chi connectivity index (χ3n) is 1.31. The van der Waals surface area contributed by atoms with Crippen molar-refractivity contribution in [3.05, 3.63) is 18.2 Å². The van der Waals surface area contributed by atoms with Crippen LogP contribution in [0.4, 0.5) is 0 Å². The van der Waals surface area contributed by atoms with Gasteiger partial charge in [-0.3, -0.25) is 4.79 Å². The van der Waals surface area contributed by atoms with Gasteiger partial charge in [0.15, 0.2) is 0 Å². The summed E-state index contributed by atoms with van der Waals surface area (Å²) in [5.74, 6) is -0.260. The molecule has 60 valence electrons. The Labute approximate surface area is 64.8 Å². The number of hydrogen-bond acceptors (Lipinski definition) is 3. The number of aryl methyl sites for hydroxylation is 1. The highest BCUT2D eigenvalue weighted by atomic mass is 16.5. The number of esters is 1. The average Bonchev–Trinajstić information content (AvgIpc) is 2.35. The van der Waals surface area contributed by atoms with Gasteiger partial charge in [-0.05, 0) is 0 Å². The molecule has 0 radical (unpaired) electrons. The highest BCUT2D eigenvalue weighted by Gasteiger charge is 2.03. The largest absolute Gasteiger partial charge is 0.469 e. The standard InChI is InChI=1S/C7H10N2O2/c1-9-4-6(8-5-9)3-7(10)11-2/h4-5H,3H2,1-2H3. The molecule has 0 fully saturated rings. The molecule has 1 aromatic heterocycles. The van der Waals surface area contributed by atoms with E-state index in [1.165, 1.54) is 7.11 Å². The second kappa shape index (κ2) is 3.18. The normalized spacial score (nSPS) is 9.64. The van der Waals surface area contributed by atoms with Crippen LogP contribution in [0.15, 0.2) is 12.5 Å². The molecule has 0 aromatic carbocycles. The zero-order valence-electron chi connectivity index (χ0n) is 6.57. The molecule has 0 aliphatic carbocycles. The number of ether oxygens (including phenoxy) is 1. The Morgan fingerprint density at radius 2 is 2.55 bits per heavy atom. The predicted molar refractivity (Wildman–Crippen MR) is 38.9 cm³/mol. The number of carbonyl (C=O) groups excluding carboxylic acids is 1. The van der Waals surface area contributed by atoms with Crippen molar-refractivity contribution in [3.63, 3.8) is 0 Å². The molecule has 0 atom stereocenters. The van der Waals surface area contributed by atoms with E-state index in [4.69, 9.17) is 0 Å². The van der Waals surface area contributed by atoms with Gasteiger partial charge in [-0.2, -0.15) is 0 Å². The number of aromatic nitrogens is 2. The second-order valence-electron chi connectivity index (χ2n) is 2.28. The topological polar surface area (TPSA) is 44.1 Å². The van der Waals surface area contributed by atoms with Crippen LogP contribution in [0.1, 0.15) is 5.69 Å². The molecule has 4 heteroatoms. The molecule has 0 saturated heterocycles. The Morgan fingerprint density at radius 1 is 1.82 bits per heavy atom. The number of hydrogen-bond donors (Lipinski definition) is 0. The Bertz CT molecular complexity index is 255. The van der Waals surface area contributed by atoms with Gasteiger partial charge in [0, 0.05) is 13.2 Å². The molecule has 0 bridgehead atoms. The summed E-state index contributed by atoms with van der Waals surface area (Å²) in [5.41, 5.74) is 0.736. The maximum absolute atomic E-state index is 10.7. The number of methoxy groups -OCH3 is 1. The van der Waals surface area contributed by atoms with Gasteiger partial charge in [-0.15, -0.1) is 0 Å². The Morgan fingerprint density at radius 3 is 3.00 bits per heavy atom. The molecule has 11 heavy (non-hydrogen) atoms. The summed E-state index contributed by atoms with van der Waals surface area (Å²) in [6, 6.07) is 0. The van der Waals surface area contributed by atoms with E-state index >= 15 is 0 Å². The lowest BCUT2D eigenvalue weighted by Crippen LogP contribution is -2.04. The lowest BCUT2D eigenvalue weighted by Gasteiger charge is -1.93. The van der Waals surface area contributed by atoms with Crippen molar-refractivity contribution in [3.8, 4) is 0 Å². The fraction of sp³-hybridized carbons (Fsp3) is 0.429. The minimum Gasteiger partial charge on any atom is -0.469 e. The molecule has 1 aromatic rings. The van der Waals surface area contributed by atoms with Crippen LogP contribution in [0, 0.1) is 0 Å². The van der Waals surface area contributed by atoms with E-state index in [9.17, 15) is 4.79 Å². The van der Waals surface area contributed by atoms with E-state index < -0.39 is 0 Å².